The van der Waals surface area contributed by atoms with Crippen LogP contribution in [0.2, 0.25) is 5.02 Å². The largest absolute Gasteiger partial charge is 0.303 e. The number of azo groups is 1. The molecule has 9 heteroatoms. The van der Waals surface area contributed by atoms with E-state index < -0.39 is 27.3 Å². The van der Waals surface area contributed by atoms with Crippen LogP contribution in [-0.2, 0) is 0 Å². The molecule has 0 amide bonds. The van der Waals surface area contributed by atoms with Crippen molar-refractivity contribution < 1.29 is 9.85 Å². The molecule has 3 aromatic rings. The number of nitro groups is 2. The quantitative estimate of drug-likeness (QED) is 0.287. The van der Waals surface area contributed by atoms with Gasteiger partial charge in [-0.15, -0.1) is 5.11 Å². The van der Waals surface area contributed by atoms with Crippen molar-refractivity contribution in [2.45, 2.75) is 6.04 Å². The number of rotatable bonds is 6. The molecule has 0 spiro atoms. The zero-order chi connectivity index (χ0) is 20.1. The molecular formula is C19H13ClN4O4. The van der Waals surface area contributed by atoms with Crippen molar-refractivity contribution in [1.82, 2.24) is 0 Å². The minimum Gasteiger partial charge on any atom is -0.258 e. The van der Waals surface area contributed by atoms with Gasteiger partial charge in [0.1, 0.15) is 6.04 Å². The predicted molar refractivity (Wildman–Crippen MR) is 104 cm³/mol. The Balaban J connectivity index is 2.07. The molecule has 0 saturated carbocycles. The van der Waals surface area contributed by atoms with Crippen LogP contribution in [0, 0.1) is 20.2 Å². The summed E-state index contributed by atoms with van der Waals surface area (Å²) in [6, 6.07) is 18.9. The van der Waals surface area contributed by atoms with Crippen LogP contribution in [0.3, 0.4) is 0 Å². The molecule has 0 heterocycles. The second kappa shape index (κ2) is 8.36. The molecule has 3 rings (SSSR count). The number of halogens is 1. The number of nitro benzene ring substituents is 2. The summed E-state index contributed by atoms with van der Waals surface area (Å²) < 4.78 is 0. The molecular weight excluding hydrogens is 384 g/mol. The van der Waals surface area contributed by atoms with Gasteiger partial charge in [0, 0.05) is 16.7 Å². The maximum atomic E-state index is 11.3. The van der Waals surface area contributed by atoms with E-state index in [9.17, 15) is 20.2 Å². The van der Waals surface area contributed by atoms with Crippen LogP contribution < -0.4 is 0 Å². The topological polar surface area (TPSA) is 111 Å². The van der Waals surface area contributed by atoms with Crippen LogP contribution in [0.5, 0.6) is 0 Å². The summed E-state index contributed by atoms with van der Waals surface area (Å²) in [6.07, 6.45) is 0. The molecule has 0 N–H and O–H groups in total. The lowest BCUT2D eigenvalue weighted by molar-refractivity contribution is -0.393. The van der Waals surface area contributed by atoms with Gasteiger partial charge in [-0.25, -0.2) is 0 Å². The number of benzene rings is 3. The van der Waals surface area contributed by atoms with E-state index in [2.05, 4.69) is 10.2 Å². The van der Waals surface area contributed by atoms with E-state index in [0.717, 1.165) is 17.7 Å². The lowest BCUT2D eigenvalue weighted by Crippen LogP contribution is -1.98. The summed E-state index contributed by atoms with van der Waals surface area (Å²) in [6.45, 7) is 0. The van der Waals surface area contributed by atoms with Gasteiger partial charge in [0.2, 0.25) is 0 Å². The molecule has 0 aliphatic heterocycles. The zero-order valence-electron chi connectivity index (χ0n) is 14.3. The molecule has 140 valence electrons. The minimum atomic E-state index is -0.728. The standard InChI is InChI=1S/C19H13ClN4O4/c20-16-9-5-4-8-15(16)19(13-6-2-1-3-7-13)22-21-17-11-10-14(23(25)26)12-18(17)24(27)28/h1-12,19H. The summed E-state index contributed by atoms with van der Waals surface area (Å²) in [5.41, 5.74) is 0.511. The molecule has 8 nitrogen and oxygen atoms in total. The van der Waals surface area contributed by atoms with E-state index in [1.165, 1.54) is 6.07 Å². The monoisotopic (exact) mass is 396 g/mol. The summed E-state index contributed by atoms with van der Waals surface area (Å²) in [5.74, 6) is 0. The second-order valence-electron chi connectivity index (χ2n) is 5.74. The molecule has 0 fully saturated rings. The summed E-state index contributed by atoms with van der Waals surface area (Å²) in [5, 5.41) is 31.0. The third-order valence-corrected chi connectivity index (χ3v) is 4.31. The van der Waals surface area contributed by atoms with Crippen molar-refractivity contribution in [2.24, 2.45) is 10.2 Å². The number of nitrogens with zero attached hydrogens (tertiary/aromatic N) is 4. The first kappa shape index (κ1) is 19.1. The van der Waals surface area contributed by atoms with E-state index in [1.54, 1.807) is 24.3 Å². The van der Waals surface area contributed by atoms with Gasteiger partial charge in [-0.05, 0) is 17.7 Å². The Morgan fingerprint density at radius 3 is 2.18 bits per heavy atom. The normalized spacial score (nSPS) is 12.0. The van der Waals surface area contributed by atoms with Crippen LogP contribution in [-0.4, -0.2) is 9.85 Å². The molecule has 1 unspecified atom stereocenters. The van der Waals surface area contributed by atoms with Crippen molar-refractivity contribution in [3.8, 4) is 0 Å². The fraction of sp³-hybridized carbons (Fsp3) is 0.0526. The number of non-ortho nitro benzene ring substituents is 1. The van der Waals surface area contributed by atoms with Crippen molar-refractivity contribution >= 4 is 28.7 Å². The Kier molecular flexibility index (Phi) is 5.71. The Hall–Kier alpha value is -3.65. The molecule has 0 saturated heterocycles. The molecule has 0 aromatic heterocycles. The lowest BCUT2D eigenvalue weighted by Gasteiger charge is -2.13. The van der Waals surface area contributed by atoms with Crippen molar-refractivity contribution in [3.05, 3.63) is 109 Å². The second-order valence-corrected chi connectivity index (χ2v) is 6.14. The Morgan fingerprint density at radius 1 is 0.857 bits per heavy atom. The van der Waals surface area contributed by atoms with Crippen molar-refractivity contribution in [1.29, 1.82) is 0 Å². The van der Waals surface area contributed by atoms with Gasteiger partial charge in [-0.1, -0.05) is 60.1 Å². The van der Waals surface area contributed by atoms with Crippen LogP contribution in [0.25, 0.3) is 0 Å². The fourth-order valence-electron chi connectivity index (χ4n) is 2.62. The smallest absolute Gasteiger partial charge is 0.258 e. The van der Waals surface area contributed by atoms with Crippen molar-refractivity contribution in [3.63, 3.8) is 0 Å². The number of hydrogen-bond acceptors (Lipinski definition) is 6. The van der Waals surface area contributed by atoms with Crippen LogP contribution >= 0.6 is 11.6 Å². The first-order valence-electron chi connectivity index (χ1n) is 8.10. The molecule has 1 atom stereocenters. The summed E-state index contributed by atoms with van der Waals surface area (Å²) in [4.78, 5) is 20.7. The fourth-order valence-corrected chi connectivity index (χ4v) is 2.86. The first-order valence-corrected chi connectivity index (χ1v) is 8.48. The molecule has 0 aliphatic rings. The maximum absolute atomic E-state index is 11.3. The average Bonchev–Trinajstić information content (AvgIpc) is 2.70. The van der Waals surface area contributed by atoms with Gasteiger partial charge in [0.25, 0.3) is 5.69 Å². The third-order valence-electron chi connectivity index (χ3n) is 3.96. The maximum Gasteiger partial charge on any atom is 0.303 e. The van der Waals surface area contributed by atoms with E-state index in [1.807, 2.05) is 30.3 Å². The number of hydrogen-bond donors (Lipinski definition) is 0. The summed E-state index contributed by atoms with van der Waals surface area (Å²) in [7, 11) is 0. The highest BCUT2D eigenvalue weighted by Crippen LogP contribution is 2.36. The predicted octanol–water partition coefficient (Wildman–Crippen LogP) is 6.03. The Labute approximate surface area is 164 Å². The Bertz CT molecular complexity index is 1060. The SMILES string of the molecule is O=[N+]([O-])c1ccc(N=NC(c2ccccc2)c2ccccc2Cl)c([N+](=O)[O-])c1. The highest BCUT2D eigenvalue weighted by atomic mass is 35.5. The minimum absolute atomic E-state index is 0.0800. The highest BCUT2D eigenvalue weighted by Gasteiger charge is 2.21. The van der Waals surface area contributed by atoms with Gasteiger partial charge in [-0.3, -0.25) is 20.2 Å². The van der Waals surface area contributed by atoms with E-state index in [0.29, 0.717) is 10.6 Å². The van der Waals surface area contributed by atoms with Gasteiger partial charge in [0.15, 0.2) is 5.69 Å². The lowest BCUT2D eigenvalue weighted by atomic mass is 9.99. The highest BCUT2D eigenvalue weighted by molar-refractivity contribution is 6.31. The van der Waals surface area contributed by atoms with Gasteiger partial charge < -0.3 is 0 Å². The molecule has 0 bridgehead atoms. The molecule has 0 aliphatic carbocycles. The van der Waals surface area contributed by atoms with Crippen LogP contribution in [0.15, 0.2) is 83.0 Å². The van der Waals surface area contributed by atoms with Gasteiger partial charge >= 0.3 is 5.69 Å². The van der Waals surface area contributed by atoms with Crippen LogP contribution in [0.1, 0.15) is 17.2 Å². The Morgan fingerprint density at radius 2 is 1.54 bits per heavy atom. The van der Waals surface area contributed by atoms with Crippen molar-refractivity contribution in [2.75, 3.05) is 0 Å². The molecule has 0 radical (unpaired) electrons. The molecule has 3 aromatic carbocycles. The summed E-state index contributed by atoms with van der Waals surface area (Å²) >= 11 is 6.30. The molecule has 28 heavy (non-hydrogen) atoms. The average molecular weight is 397 g/mol. The van der Waals surface area contributed by atoms with E-state index in [-0.39, 0.29) is 5.69 Å². The van der Waals surface area contributed by atoms with E-state index in [4.69, 9.17) is 11.6 Å². The zero-order valence-corrected chi connectivity index (χ0v) is 15.1. The van der Waals surface area contributed by atoms with Gasteiger partial charge in [-0.2, -0.15) is 5.11 Å². The van der Waals surface area contributed by atoms with E-state index >= 15 is 0 Å². The third kappa shape index (κ3) is 4.18. The first-order chi connectivity index (χ1) is 13.5. The van der Waals surface area contributed by atoms with Crippen LogP contribution in [0.4, 0.5) is 17.1 Å². The van der Waals surface area contributed by atoms with Gasteiger partial charge in [0.05, 0.1) is 15.9 Å².